The minimum atomic E-state index is 0.00934. The molecule has 1 saturated carbocycles. The van der Waals surface area contributed by atoms with Crippen molar-refractivity contribution in [2.45, 2.75) is 6.04 Å². The molecule has 2 aliphatic rings. The van der Waals surface area contributed by atoms with Gasteiger partial charge in [0.2, 0.25) is 0 Å². The van der Waals surface area contributed by atoms with E-state index in [0.717, 1.165) is 24.3 Å². The molecule has 1 amide bonds. The Bertz CT molecular complexity index is 739. The van der Waals surface area contributed by atoms with Crippen LogP contribution in [0.2, 0.25) is 0 Å². The van der Waals surface area contributed by atoms with Gasteiger partial charge in [-0.3, -0.25) is 4.79 Å². The van der Waals surface area contributed by atoms with Crippen LogP contribution in [0.3, 0.4) is 0 Å². The average molecular weight is 310 g/mol. The molecule has 22 heavy (non-hydrogen) atoms. The highest BCUT2D eigenvalue weighted by atomic mass is 32.1. The van der Waals surface area contributed by atoms with Crippen molar-refractivity contribution >= 4 is 17.2 Å². The largest absolute Gasteiger partial charge is 0.336 e. The van der Waals surface area contributed by atoms with Crippen LogP contribution in [0.1, 0.15) is 9.80 Å². The summed E-state index contributed by atoms with van der Waals surface area (Å²) in [6, 6.07) is 10.1. The molecule has 2 heterocycles. The molecule has 1 aromatic heterocycles. The van der Waals surface area contributed by atoms with Gasteiger partial charge in [0.25, 0.3) is 5.91 Å². The fraction of sp³-hybridized carbons (Fsp3) is 0.312. The molecule has 0 bridgehead atoms. The van der Waals surface area contributed by atoms with Gasteiger partial charge in [0, 0.05) is 41.9 Å². The zero-order valence-corrected chi connectivity index (χ0v) is 12.6. The Morgan fingerprint density at radius 2 is 2.05 bits per heavy atom. The summed E-state index contributed by atoms with van der Waals surface area (Å²) in [7, 11) is 0. The smallest absolute Gasteiger partial charge is 0.282 e. The SMILES string of the molecule is N#CNC1[C@H]2CN(C(=O)c3nc(-c4ccccc4)cs3)C[C@@H]12. The molecule has 4 rings (SSSR count). The maximum absolute atomic E-state index is 12.5. The Labute approximate surface area is 132 Å². The predicted octanol–water partition coefficient (Wildman–Crippen LogP) is 1.95. The van der Waals surface area contributed by atoms with E-state index in [4.69, 9.17) is 5.26 Å². The van der Waals surface area contributed by atoms with Crippen LogP contribution in [0.5, 0.6) is 0 Å². The van der Waals surface area contributed by atoms with E-state index >= 15 is 0 Å². The van der Waals surface area contributed by atoms with Crippen molar-refractivity contribution in [2.24, 2.45) is 11.8 Å². The van der Waals surface area contributed by atoms with Gasteiger partial charge in [-0.15, -0.1) is 11.3 Å². The highest BCUT2D eigenvalue weighted by Gasteiger charge is 2.57. The average Bonchev–Trinajstić information content (AvgIpc) is 2.98. The predicted molar refractivity (Wildman–Crippen MR) is 83.0 cm³/mol. The second-order valence-corrected chi connectivity index (χ2v) is 6.58. The number of thiazole rings is 1. The number of hydrogen-bond acceptors (Lipinski definition) is 5. The molecular weight excluding hydrogens is 296 g/mol. The van der Waals surface area contributed by atoms with Gasteiger partial charge >= 0.3 is 0 Å². The number of amides is 1. The molecule has 1 N–H and O–H groups in total. The van der Waals surface area contributed by atoms with E-state index in [1.165, 1.54) is 11.3 Å². The van der Waals surface area contributed by atoms with Gasteiger partial charge < -0.3 is 10.2 Å². The molecule has 0 spiro atoms. The molecule has 0 radical (unpaired) electrons. The fourth-order valence-electron chi connectivity index (χ4n) is 3.23. The Morgan fingerprint density at radius 3 is 2.73 bits per heavy atom. The number of carbonyl (C=O) groups is 1. The number of piperidine rings is 1. The topological polar surface area (TPSA) is 69.0 Å². The van der Waals surface area contributed by atoms with Crippen molar-refractivity contribution in [3.05, 3.63) is 40.7 Å². The van der Waals surface area contributed by atoms with Crippen LogP contribution in [0, 0.1) is 23.3 Å². The van der Waals surface area contributed by atoms with Crippen LogP contribution in [-0.2, 0) is 0 Å². The number of aromatic nitrogens is 1. The molecule has 6 heteroatoms. The lowest BCUT2D eigenvalue weighted by Crippen LogP contribution is -2.34. The van der Waals surface area contributed by atoms with Crippen LogP contribution < -0.4 is 5.32 Å². The Morgan fingerprint density at radius 1 is 1.32 bits per heavy atom. The summed E-state index contributed by atoms with van der Waals surface area (Å²) < 4.78 is 0. The van der Waals surface area contributed by atoms with Crippen LogP contribution in [0.4, 0.5) is 0 Å². The molecule has 2 fully saturated rings. The number of nitriles is 1. The summed E-state index contributed by atoms with van der Waals surface area (Å²) in [5, 5.41) is 13.9. The van der Waals surface area contributed by atoms with Gasteiger partial charge in [0.15, 0.2) is 11.2 Å². The molecule has 2 aromatic rings. The molecule has 1 aromatic carbocycles. The highest BCUT2D eigenvalue weighted by molar-refractivity contribution is 7.12. The standard InChI is InChI=1S/C16H14N4OS/c17-9-18-14-11-6-20(7-12(11)14)16(21)15-19-13(8-22-15)10-4-2-1-3-5-10/h1-5,8,11-12,14,18H,6-7H2/t11-,12+,14?. The van der Waals surface area contributed by atoms with Crippen LogP contribution in [0.15, 0.2) is 35.7 Å². The lowest BCUT2D eigenvalue weighted by atomic mass is 10.2. The molecule has 5 nitrogen and oxygen atoms in total. The quantitative estimate of drug-likeness (QED) is 0.695. The van der Waals surface area contributed by atoms with E-state index in [-0.39, 0.29) is 11.9 Å². The number of likely N-dealkylation sites (tertiary alicyclic amines) is 1. The minimum Gasteiger partial charge on any atom is -0.336 e. The molecule has 1 saturated heterocycles. The Kier molecular flexibility index (Phi) is 3.09. The Balaban J connectivity index is 1.45. The first kappa shape index (κ1) is 13.3. The van der Waals surface area contributed by atoms with Crippen molar-refractivity contribution in [2.75, 3.05) is 13.1 Å². The van der Waals surface area contributed by atoms with Crippen molar-refractivity contribution < 1.29 is 4.79 Å². The second-order valence-electron chi connectivity index (χ2n) is 5.72. The summed E-state index contributed by atoms with van der Waals surface area (Å²) in [6.07, 6.45) is 1.99. The third-order valence-corrected chi connectivity index (χ3v) is 5.30. The number of hydrogen-bond donors (Lipinski definition) is 1. The monoisotopic (exact) mass is 310 g/mol. The summed E-state index contributed by atoms with van der Waals surface area (Å²) in [6.45, 7) is 1.45. The van der Waals surface area contributed by atoms with E-state index < -0.39 is 0 Å². The molecular formula is C16H14N4OS. The van der Waals surface area contributed by atoms with Gasteiger partial charge in [-0.2, -0.15) is 5.26 Å². The molecule has 1 aliphatic heterocycles. The zero-order chi connectivity index (χ0) is 15.1. The van der Waals surface area contributed by atoms with Crippen LogP contribution in [0.25, 0.3) is 11.3 Å². The lowest BCUT2D eigenvalue weighted by Gasteiger charge is -2.18. The third-order valence-electron chi connectivity index (χ3n) is 4.47. The van der Waals surface area contributed by atoms with Crippen molar-refractivity contribution in [1.29, 1.82) is 5.26 Å². The lowest BCUT2D eigenvalue weighted by molar-refractivity contribution is 0.0771. The Hall–Kier alpha value is -2.39. The first-order valence-electron chi connectivity index (χ1n) is 7.23. The van der Waals surface area contributed by atoms with E-state index in [1.807, 2.05) is 46.8 Å². The molecule has 110 valence electrons. The van der Waals surface area contributed by atoms with Crippen molar-refractivity contribution in [3.8, 4) is 17.5 Å². The van der Waals surface area contributed by atoms with Crippen LogP contribution >= 0.6 is 11.3 Å². The second kappa shape index (κ2) is 5.11. The number of nitrogens with zero attached hydrogens (tertiary/aromatic N) is 3. The van der Waals surface area contributed by atoms with Gasteiger partial charge in [-0.25, -0.2) is 4.98 Å². The highest BCUT2D eigenvalue weighted by Crippen LogP contribution is 2.45. The van der Waals surface area contributed by atoms with Gasteiger partial charge in [0.05, 0.1) is 5.69 Å². The fourth-order valence-corrected chi connectivity index (χ4v) is 4.02. The first-order valence-corrected chi connectivity index (χ1v) is 8.11. The summed E-state index contributed by atoms with van der Waals surface area (Å²) in [4.78, 5) is 18.8. The van der Waals surface area contributed by atoms with Gasteiger partial charge in [0.1, 0.15) is 0 Å². The van der Waals surface area contributed by atoms with E-state index in [9.17, 15) is 4.79 Å². The van der Waals surface area contributed by atoms with Crippen LogP contribution in [-0.4, -0.2) is 34.9 Å². The number of fused-ring (bicyclic) bond motifs is 1. The minimum absolute atomic E-state index is 0.00934. The summed E-state index contributed by atoms with van der Waals surface area (Å²) in [5.41, 5.74) is 1.88. The molecule has 3 atom stereocenters. The van der Waals surface area contributed by atoms with Crippen molar-refractivity contribution in [3.63, 3.8) is 0 Å². The van der Waals surface area contributed by atoms with E-state index in [2.05, 4.69) is 10.3 Å². The van der Waals surface area contributed by atoms with Gasteiger partial charge in [-0.05, 0) is 0 Å². The summed E-state index contributed by atoms with van der Waals surface area (Å²) in [5.74, 6) is 0.865. The first-order chi connectivity index (χ1) is 10.8. The zero-order valence-electron chi connectivity index (χ0n) is 11.8. The number of nitrogens with one attached hydrogen (secondary N) is 1. The number of benzene rings is 1. The molecule has 1 aliphatic carbocycles. The summed E-state index contributed by atoms with van der Waals surface area (Å²) >= 11 is 1.40. The van der Waals surface area contributed by atoms with E-state index in [1.54, 1.807) is 0 Å². The third kappa shape index (κ3) is 2.14. The maximum Gasteiger partial charge on any atom is 0.282 e. The maximum atomic E-state index is 12.5. The number of carbonyl (C=O) groups excluding carboxylic acids is 1. The van der Waals surface area contributed by atoms with Crippen molar-refractivity contribution in [1.82, 2.24) is 15.2 Å². The molecule has 1 unspecified atom stereocenters. The van der Waals surface area contributed by atoms with Gasteiger partial charge in [-0.1, -0.05) is 30.3 Å². The van der Waals surface area contributed by atoms with E-state index in [0.29, 0.717) is 16.8 Å². The number of rotatable bonds is 3. The normalized spacial score (nSPS) is 25.4.